The van der Waals surface area contributed by atoms with Gasteiger partial charge in [0.05, 0.1) is 29.7 Å². The molecule has 210 valence electrons. The fourth-order valence-corrected chi connectivity index (χ4v) is 8.53. The quantitative estimate of drug-likeness (QED) is 0.133. The predicted molar refractivity (Wildman–Crippen MR) is 140 cm³/mol. The number of nitrogens with two attached hydrogens (primary N) is 1. The van der Waals surface area contributed by atoms with Crippen molar-refractivity contribution in [3.05, 3.63) is 22.3 Å². The third kappa shape index (κ3) is 4.99. The lowest BCUT2D eigenvalue weighted by Gasteiger charge is -2.55. The molecular weight excluding hydrogens is 550 g/mol. The van der Waals surface area contributed by atoms with Crippen LogP contribution in [-0.2, 0) is 14.4 Å². The maximum atomic E-state index is 12.6. The zero-order valence-corrected chi connectivity index (χ0v) is 24.2. The van der Waals surface area contributed by atoms with Crippen molar-refractivity contribution in [2.45, 2.75) is 32.4 Å². The summed E-state index contributed by atoms with van der Waals surface area (Å²) in [6.45, 7) is 12.6. The molecule has 0 spiro atoms. The van der Waals surface area contributed by atoms with Gasteiger partial charge in [-0.25, -0.2) is 0 Å². The fraction of sp³-hybridized carbons (Fsp3) is 0.680. The molecule has 0 aromatic carbocycles. The summed E-state index contributed by atoms with van der Waals surface area (Å²) in [5, 5.41) is 22.0. The molecule has 13 heteroatoms. The number of piperazine rings is 3. The normalized spacial score (nSPS) is 34.8. The molecule has 4 atom stereocenters. The second kappa shape index (κ2) is 10.7. The lowest BCUT2D eigenvalue weighted by molar-refractivity contribution is -1.08. The molecule has 0 aromatic heterocycles. The number of hydrogen-bond acceptors (Lipinski definition) is 7. The topological polar surface area (TPSA) is 127 Å². The maximum Gasteiger partial charge on any atom is 0.272 e. The number of amides is 2. The largest absolute Gasteiger partial charge is 1.00 e. The van der Waals surface area contributed by atoms with Crippen LogP contribution in [0.1, 0.15) is 20.3 Å². The number of thioether (sulfide) groups is 1. The number of primary amides is 1. The number of aliphatic hydroxyl groups excluding tert-OH is 1. The Morgan fingerprint density at radius 2 is 1.84 bits per heavy atom. The molecule has 4 saturated heterocycles. The highest BCUT2D eigenvalue weighted by Crippen LogP contribution is 2.50. The molecule has 0 aromatic rings. The second-order valence-electron chi connectivity index (χ2n) is 11.5. The summed E-state index contributed by atoms with van der Waals surface area (Å²) >= 11 is 6.97. The van der Waals surface area contributed by atoms with Gasteiger partial charge < -0.3 is 51.9 Å². The number of carbonyl (C=O) groups excluding carboxylic acids is 3. The smallest absolute Gasteiger partial charge is 0.272 e. The fourth-order valence-electron chi connectivity index (χ4n) is 7.01. The lowest BCUT2D eigenvalue weighted by atomic mass is 9.79. The molecule has 0 aliphatic carbocycles. The number of rotatable bonds is 7. The van der Waals surface area contributed by atoms with Crippen LogP contribution in [0.15, 0.2) is 22.3 Å². The second-order valence-corrected chi connectivity index (χ2v) is 13.2. The van der Waals surface area contributed by atoms with Crippen molar-refractivity contribution < 1.29 is 46.0 Å². The first-order valence-corrected chi connectivity index (χ1v) is 14.3. The van der Waals surface area contributed by atoms with Crippen LogP contribution in [-0.4, -0.2) is 124 Å². The van der Waals surface area contributed by atoms with E-state index in [0.717, 1.165) is 67.7 Å². The van der Waals surface area contributed by atoms with Gasteiger partial charge in [0.25, 0.3) is 5.91 Å². The van der Waals surface area contributed by atoms with E-state index in [1.54, 1.807) is 6.92 Å². The van der Waals surface area contributed by atoms with Gasteiger partial charge in [0, 0.05) is 23.9 Å². The van der Waals surface area contributed by atoms with E-state index in [9.17, 15) is 24.6 Å². The zero-order chi connectivity index (χ0) is 26.7. The molecule has 4 fully saturated rings. The van der Waals surface area contributed by atoms with Gasteiger partial charge >= 0.3 is 0 Å². The summed E-state index contributed by atoms with van der Waals surface area (Å²) in [7, 11) is 0. The van der Waals surface area contributed by atoms with Crippen LogP contribution in [0, 0.1) is 11.8 Å². The van der Waals surface area contributed by atoms with Crippen molar-refractivity contribution in [2.24, 2.45) is 17.6 Å². The standard InChI is InChI=1S/C25H35N5O5S2.ClH/c1-15-20-19(16(2)31)23(33)28(20)21(24(34)35)22(15)37-25(36)27-5-3-17(4-6-27)13-29-7-10-30(11-8-29,12-9-29)14-18(26)32;/h3,15-16,19-20,31H,4-14H2,1-2H3,(H-2,26,32,34,35);1H/t15-,16-,19-,20-,29?,30?;/m1./s1. The Morgan fingerprint density at radius 3 is 2.34 bits per heavy atom. The highest BCUT2D eigenvalue weighted by atomic mass is 35.5. The Bertz CT molecular complexity index is 1090. The number of fused-ring (bicyclic) bond motifs is 4. The summed E-state index contributed by atoms with van der Waals surface area (Å²) in [6.07, 6.45) is 2.32. The average molecular weight is 586 g/mol. The number of β-lactam (4-membered cyclic amide) rings is 1. The number of quaternary nitrogens is 2. The first-order valence-electron chi connectivity index (χ1n) is 13.1. The van der Waals surface area contributed by atoms with Crippen molar-refractivity contribution in [3.63, 3.8) is 0 Å². The van der Waals surface area contributed by atoms with Crippen LogP contribution in [0.4, 0.5) is 0 Å². The van der Waals surface area contributed by atoms with Crippen molar-refractivity contribution in [1.82, 2.24) is 9.80 Å². The minimum absolute atomic E-state index is 0. The van der Waals surface area contributed by atoms with E-state index in [4.69, 9.17) is 18.0 Å². The first-order chi connectivity index (χ1) is 17.5. The van der Waals surface area contributed by atoms with Gasteiger partial charge in [0.1, 0.15) is 50.1 Å². The number of thiocarbonyl (C=S) groups is 1. The molecule has 2 amide bonds. The van der Waals surface area contributed by atoms with Gasteiger partial charge in [0.2, 0.25) is 5.91 Å². The molecular formula is C25H36ClN5O5S2. The highest BCUT2D eigenvalue weighted by Gasteiger charge is 2.59. The molecule has 38 heavy (non-hydrogen) atoms. The van der Waals surface area contributed by atoms with Gasteiger partial charge in [-0.1, -0.05) is 37.0 Å². The molecule has 3 N–H and O–H groups in total. The molecule has 2 bridgehead atoms. The van der Waals surface area contributed by atoms with Crippen molar-refractivity contribution in [3.8, 4) is 0 Å². The van der Waals surface area contributed by atoms with Crippen LogP contribution < -0.4 is 23.2 Å². The van der Waals surface area contributed by atoms with E-state index < -0.39 is 18.0 Å². The predicted octanol–water partition coefficient (Wildman–Crippen LogP) is -4.39. The Labute approximate surface area is 239 Å². The Morgan fingerprint density at radius 1 is 1.24 bits per heavy atom. The van der Waals surface area contributed by atoms with E-state index in [-0.39, 0.29) is 41.9 Å². The molecule has 6 aliphatic rings. The molecule has 6 heterocycles. The third-order valence-electron chi connectivity index (χ3n) is 9.24. The maximum absolute atomic E-state index is 12.6. The summed E-state index contributed by atoms with van der Waals surface area (Å²) < 4.78 is 2.52. The van der Waals surface area contributed by atoms with Crippen LogP contribution in [0.3, 0.4) is 0 Å². The van der Waals surface area contributed by atoms with Gasteiger partial charge in [-0.2, -0.15) is 0 Å². The van der Waals surface area contributed by atoms with Crippen LogP contribution in [0.2, 0.25) is 0 Å². The van der Waals surface area contributed by atoms with Gasteiger partial charge in [-0.3, -0.25) is 9.59 Å². The SMILES string of the molecule is C[C@@H](O)[C@H]1C(=O)N2C(C(=O)[O-])=C(SC(=S)N3CC=C(C[N+]45CC[N+](CC(N)=O)(CC4)CC5)CC3)[C@H](C)[C@H]12.[Cl-]. The summed E-state index contributed by atoms with van der Waals surface area (Å²) in [6, 6.07) is -0.373. The summed E-state index contributed by atoms with van der Waals surface area (Å²) in [5.74, 6) is -2.80. The van der Waals surface area contributed by atoms with Gasteiger partial charge in [-0.05, 0) is 18.9 Å². The van der Waals surface area contributed by atoms with Crippen LogP contribution in [0.25, 0.3) is 0 Å². The van der Waals surface area contributed by atoms with Crippen LogP contribution >= 0.6 is 24.0 Å². The third-order valence-corrected chi connectivity index (χ3v) is 11.0. The van der Waals surface area contributed by atoms with Crippen molar-refractivity contribution >= 4 is 46.1 Å². The first kappa shape index (κ1) is 29.3. The number of halogens is 1. The van der Waals surface area contributed by atoms with Gasteiger partial charge in [0.15, 0.2) is 6.54 Å². The number of aliphatic hydroxyl groups is 1. The molecule has 6 rings (SSSR count). The van der Waals surface area contributed by atoms with Gasteiger partial charge in [-0.15, -0.1) is 0 Å². The van der Waals surface area contributed by atoms with E-state index >= 15 is 0 Å². The van der Waals surface area contributed by atoms with E-state index in [1.165, 1.54) is 22.2 Å². The Balaban J connectivity index is 0.00000336. The number of carboxylic acids is 1. The number of carbonyl (C=O) groups is 3. The monoisotopic (exact) mass is 585 g/mol. The number of hydrogen-bond donors (Lipinski definition) is 2. The minimum Gasteiger partial charge on any atom is -1.00 e. The van der Waals surface area contributed by atoms with E-state index in [0.29, 0.717) is 22.3 Å². The highest BCUT2D eigenvalue weighted by molar-refractivity contribution is 8.25. The zero-order valence-electron chi connectivity index (χ0n) is 21.8. The van der Waals surface area contributed by atoms with E-state index in [2.05, 4.69) is 11.0 Å². The van der Waals surface area contributed by atoms with Crippen LogP contribution in [0.5, 0.6) is 0 Å². The average Bonchev–Trinajstić information content (AvgIpc) is 3.08. The molecule has 10 nitrogen and oxygen atoms in total. The Hall–Kier alpha value is -1.70. The minimum atomic E-state index is -1.38. The summed E-state index contributed by atoms with van der Waals surface area (Å²) in [4.78, 5) is 39.9. The van der Waals surface area contributed by atoms with Crippen molar-refractivity contribution in [2.75, 3.05) is 65.4 Å². The number of nitrogens with zero attached hydrogens (tertiary/aromatic N) is 4. The summed E-state index contributed by atoms with van der Waals surface area (Å²) in [5.41, 5.74) is 6.82. The molecule has 6 aliphatic heterocycles. The molecule has 0 radical (unpaired) electrons. The number of aliphatic carboxylic acids is 1. The molecule has 0 saturated carbocycles. The lowest BCUT2D eigenvalue weighted by Crippen LogP contribution is -3.00. The Kier molecular flexibility index (Phi) is 8.25. The van der Waals surface area contributed by atoms with Crippen molar-refractivity contribution in [1.29, 1.82) is 0 Å². The molecule has 0 unspecified atom stereocenters. The van der Waals surface area contributed by atoms with E-state index in [1.807, 2.05) is 6.92 Å². The number of carboxylic acid groups (broad SMARTS) is 1.